The number of carbonyl (C=O) groups excluding carboxylic acids is 1. The third kappa shape index (κ3) is 5.38. The van der Waals surface area contributed by atoms with Crippen molar-refractivity contribution in [2.75, 3.05) is 6.54 Å². The van der Waals surface area contributed by atoms with Gasteiger partial charge in [0.25, 0.3) is 0 Å². The molecule has 0 aliphatic carbocycles. The van der Waals surface area contributed by atoms with Gasteiger partial charge in [0, 0.05) is 25.4 Å². The van der Waals surface area contributed by atoms with E-state index >= 15 is 0 Å². The minimum Gasteiger partial charge on any atom is -0.356 e. The van der Waals surface area contributed by atoms with Crippen LogP contribution in [0.1, 0.15) is 36.8 Å². The van der Waals surface area contributed by atoms with E-state index in [9.17, 15) is 4.79 Å². The summed E-state index contributed by atoms with van der Waals surface area (Å²) in [6.07, 6.45) is 6.08. The molecule has 0 radical (unpaired) electrons. The fourth-order valence-electron chi connectivity index (χ4n) is 2.32. The quantitative estimate of drug-likeness (QED) is 0.792. The third-order valence-electron chi connectivity index (χ3n) is 3.55. The van der Waals surface area contributed by atoms with E-state index in [2.05, 4.69) is 35.4 Å². The lowest BCUT2D eigenvalue weighted by Gasteiger charge is -2.12. The molecule has 0 aliphatic rings. The molecule has 1 N–H and O–H groups in total. The number of nitrogens with zero attached hydrogens (tertiary/aromatic N) is 1. The zero-order valence-corrected chi connectivity index (χ0v) is 12.5. The molecule has 1 unspecified atom stereocenters. The molecule has 3 nitrogen and oxygen atoms in total. The van der Waals surface area contributed by atoms with Crippen molar-refractivity contribution in [3.8, 4) is 0 Å². The highest BCUT2D eigenvalue weighted by atomic mass is 16.1. The summed E-state index contributed by atoms with van der Waals surface area (Å²) in [6.45, 7) is 2.81. The largest absolute Gasteiger partial charge is 0.356 e. The SMILES string of the molecule is CC(CC(=O)NCCCc1cccnc1)c1ccccc1. The Balaban J connectivity index is 1.66. The highest BCUT2D eigenvalue weighted by Crippen LogP contribution is 2.17. The zero-order valence-electron chi connectivity index (χ0n) is 12.5. The maximum Gasteiger partial charge on any atom is 0.220 e. The Labute approximate surface area is 126 Å². The molecule has 110 valence electrons. The lowest BCUT2D eigenvalue weighted by atomic mass is 9.97. The van der Waals surface area contributed by atoms with Gasteiger partial charge in [-0.1, -0.05) is 43.3 Å². The summed E-state index contributed by atoms with van der Waals surface area (Å²) < 4.78 is 0. The van der Waals surface area contributed by atoms with E-state index in [4.69, 9.17) is 0 Å². The topological polar surface area (TPSA) is 42.0 Å². The summed E-state index contributed by atoms with van der Waals surface area (Å²) in [6, 6.07) is 14.2. The number of rotatable bonds is 7. The Morgan fingerprint density at radius 2 is 2.00 bits per heavy atom. The van der Waals surface area contributed by atoms with Crippen LogP contribution in [0.15, 0.2) is 54.9 Å². The van der Waals surface area contributed by atoms with Crippen molar-refractivity contribution in [3.05, 3.63) is 66.0 Å². The number of pyridine rings is 1. The molecule has 1 aromatic carbocycles. The normalized spacial score (nSPS) is 11.9. The van der Waals surface area contributed by atoms with Crippen LogP contribution in [-0.2, 0) is 11.2 Å². The first-order valence-electron chi connectivity index (χ1n) is 7.46. The van der Waals surface area contributed by atoms with E-state index in [1.807, 2.05) is 30.5 Å². The molecule has 0 bridgehead atoms. The minimum absolute atomic E-state index is 0.123. The summed E-state index contributed by atoms with van der Waals surface area (Å²) in [4.78, 5) is 16.0. The second-order valence-electron chi connectivity index (χ2n) is 5.33. The number of amides is 1. The molecule has 0 saturated carbocycles. The molecule has 3 heteroatoms. The Morgan fingerprint density at radius 3 is 2.71 bits per heavy atom. The molecular formula is C18H22N2O. The molecule has 1 amide bonds. The van der Waals surface area contributed by atoms with Crippen LogP contribution in [0.2, 0.25) is 0 Å². The number of benzene rings is 1. The number of nitrogens with one attached hydrogen (secondary N) is 1. The van der Waals surface area contributed by atoms with Gasteiger partial charge >= 0.3 is 0 Å². The maximum atomic E-state index is 11.9. The van der Waals surface area contributed by atoms with Gasteiger partial charge in [0.05, 0.1) is 0 Å². The van der Waals surface area contributed by atoms with Crippen molar-refractivity contribution >= 4 is 5.91 Å². The van der Waals surface area contributed by atoms with Gasteiger partial charge in [-0.2, -0.15) is 0 Å². The van der Waals surface area contributed by atoms with Crippen molar-refractivity contribution in [1.29, 1.82) is 0 Å². The van der Waals surface area contributed by atoms with E-state index in [0.717, 1.165) is 19.4 Å². The first-order chi connectivity index (χ1) is 10.3. The van der Waals surface area contributed by atoms with Crippen LogP contribution in [0, 0.1) is 0 Å². The number of carbonyl (C=O) groups is 1. The highest BCUT2D eigenvalue weighted by molar-refractivity contribution is 5.76. The molecular weight excluding hydrogens is 260 g/mol. The Hall–Kier alpha value is -2.16. The van der Waals surface area contributed by atoms with Crippen molar-refractivity contribution < 1.29 is 4.79 Å². The lowest BCUT2D eigenvalue weighted by molar-refractivity contribution is -0.121. The molecule has 1 aromatic heterocycles. The van der Waals surface area contributed by atoms with E-state index in [1.54, 1.807) is 6.20 Å². The summed E-state index contributed by atoms with van der Waals surface area (Å²) in [7, 11) is 0. The molecule has 1 atom stereocenters. The molecule has 21 heavy (non-hydrogen) atoms. The van der Waals surface area contributed by atoms with Crippen LogP contribution < -0.4 is 5.32 Å². The fraction of sp³-hybridized carbons (Fsp3) is 0.333. The van der Waals surface area contributed by atoms with Crippen LogP contribution in [0.4, 0.5) is 0 Å². The average molecular weight is 282 g/mol. The first-order valence-corrected chi connectivity index (χ1v) is 7.46. The van der Waals surface area contributed by atoms with E-state index in [-0.39, 0.29) is 11.8 Å². The first kappa shape index (κ1) is 15.2. The van der Waals surface area contributed by atoms with Crippen LogP contribution in [-0.4, -0.2) is 17.4 Å². The van der Waals surface area contributed by atoms with Crippen molar-refractivity contribution in [1.82, 2.24) is 10.3 Å². The maximum absolute atomic E-state index is 11.9. The molecule has 0 spiro atoms. The van der Waals surface area contributed by atoms with Crippen molar-refractivity contribution in [2.24, 2.45) is 0 Å². The average Bonchev–Trinajstić information content (AvgIpc) is 2.53. The molecule has 0 fully saturated rings. The standard InChI is InChI=1S/C18H22N2O/c1-15(17-9-3-2-4-10-17)13-18(21)20-12-6-8-16-7-5-11-19-14-16/h2-5,7,9-11,14-15H,6,8,12-13H2,1H3,(H,20,21). The predicted octanol–water partition coefficient (Wildman–Crippen LogP) is 3.32. The number of aromatic nitrogens is 1. The van der Waals surface area contributed by atoms with Crippen LogP contribution in [0.3, 0.4) is 0 Å². The number of hydrogen-bond donors (Lipinski definition) is 1. The van der Waals surface area contributed by atoms with Gasteiger partial charge in [0.15, 0.2) is 0 Å². The second-order valence-corrected chi connectivity index (χ2v) is 5.33. The van der Waals surface area contributed by atoms with E-state index in [1.165, 1.54) is 11.1 Å². The highest BCUT2D eigenvalue weighted by Gasteiger charge is 2.10. The lowest BCUT2D eigenvalue weighted by Crippen LogP contribution is -2.25. The third-order valence-corrected chi connectivity index (χ3v) is 3.55. The van der Waals surface area contributed by atoms with Gasteiger partial charge in [0.2, 0.25) is 5.91 Å². The van der Waals surface area contributed by atoms with Gasteiger partial charge in [-0.25, -0.2) is 0 Å². The van der Waals surface area contributed by atoms with Gasteiger partial charge in [-0.15, -0.1) is 0 Å². The number of aryl methyl sites for hydroxylation is 1. The molecule has 1 heterocycles. The Bertz CT molecular complexity index is 540. The van der Waals surface area contributed by atoms with Crippen LogP contribution in [0.5, 0.6) is 0 Å². The van der Waals surface area contributed by atoms with Gasteiger partial charge < -0.3 is 5.32 Å². The Morgan fingerprint density at radius 1 is 1.19 bits per heavy atom. The van der Waals surface area contributed by atoms with Gasteiger partial charge in [0.1, 0.15) is 0 Å². The van der Waals surface area contributed by atoms with E-state index in [0.29, 0.717) is 6.42 Å². The Kier molecular flexibility index (Phi) is 5.95. The second kappa shape index (κ2) is 8.20. The van der Waals surface area contributed by atoms with Crippen LogP contribution >= 0.6 is 0 Å². The fourth-order valence-corrected chi connectivity index (χ4v) is 2.32. The van der Waals surface area contributed by atoms with E-state index < -0.39 is 0 Å². The minimum atomic E-state index is 0.123. The summed E-state index contributed by atoms with van der Waals surface area (Å²) in [5, 5.41) is 2.99. The van der Waals surface area contributed by atoms with Gasteiger partial charge in [-0.3, -0.25) is 9.78 Å². The number of hydrogen-bond acceptors (Lipinski definition) is 2. The van der Waals surface area contributed by atoms with Gasteiger partial charge in [-0.05, 0) is 36.0 Å². The molecule has 0 saturated heterocycles. The molecule has 2 aromatic rings. The summed E-state index contributed by atoms with van der Waals surface area (Å²) in [5.74, 6) is 0.377. The monoisotopic (exact) mass is 282 g/mol. The molecule has 2 rings (SSSR count). The zero-order chi connectivity index (χ0) is 14.9. The summed E-state index contributed by atoms with van der Waals surface area (Å²) in [5.41, 5.74) is 2.42. The smallest absolute Gasteiger partial charge is 0.220 e. The summed E-state index contributed by atoms with van der Waals surface area (Å²) >= 11 is 0. The predicted molar refractivity (Wildman–Crippen MR) is 85.0 cm³/mol. The molecule has 0 aliphatic heterocycles. The van der Waals surface area contributed by atoms with Crippen molar-refractivity contribution in [3.63, 3.8) is 0 Å². The van der Waals surface area contributed by atoms with Crippen molar-refractivity contribution in [2.45, 2.75) is 32.1 Å². The van der Waals surface area contributed by atoms with Crippen LogP contribution in [0.25, 0.3) is 0 Å².